The number of aryl methyl sites for hydroxylation is 1. The third-order valence-electron chi connectivity index (χ3n) is 5.44. The normalized spacial score (nSPS) is 20.2. The van der Waals surface area contributed by atoms with Crippen LogP contribution in [0.25, 0.3) is 0 Å². The molecule has 6 nitrogen and oxygen atoms in total. The van der Waals surface area contributed by atoms with Crippen molar-refractivity contribution in [2.45, 2.75) is 29.5 Å². The van der Waals surface area contributed by atoms with Crippen LogP contribution >= 0.6 is 11.8 Å². The van der Waals surface area contributed by atoms with Gasteiger partial charge in [0, 0.05) is 31.0 Å². The van der Waals surface area contributed by atoms with E-state index in [2.05, 4.69) is 46.7 Å². The summed E-state index contributed by atoms with van der Waals surface area (Å²) in [4.78, 5) is 28.7. The molecule has 2 aliphatic heterocycles. The van der Waals surface area contributed by atoms with Crippen LogP contribution in [0.15, 0.2) is 53.4 Å². The molecule has 2 aromatic carbocycles. The highest BCUT2D eigenvalue weighted by Gasteiger charge is 2.30. The number of para-hydroxylation sites is 1. The molecule has 0 bridgehead atoms. The number of thioether (sulfide) groups is 1. The Morgan fingerprint density at radius 1 is 1.20 bits per heavy atom. The van der Waals surface area contributed by atoms with Crippen molar-refractivity contribution in [2.24, 2.45) is 0 Å². The Hall–Kier alpha value is -2.35. The second-order valence-electron chi connectivity index (χ2n) is 7.74. The van der Waals surface area contributed by atoms with Crippen molar-refractivity contribution < 1.29 is 14.3 Å². The highest BCUT2D eigenvalue weighted by molar-refractivity contribution is 8.01. The van der Waals surface area contributed by atoms with E-state index in [1.807, 2.05) is 24.3 Å². The first-order valence-corrected chi connectivity index (χ1v) is 11.2. The molecular weight excluding hydrogens is 398 g/mol. The van der Waals surface area contributed by atoms with Gasteiger partial charge in [-0.05, 0) is 24.6 Å². The van der Waals surface area contributed by atoms with Crippen molar-refractivity contribution >= 4 is 29.3 Å². The van der Waals surface area contributed by atoms with Crippen molar-refractivity contribution in [3.63, 3.8) is 0 Å². The fourth-order valence-electron chi connectivity index (χ4n) is 3.72. The van der Waals surface area contributed by atoms with Gasteiger partial charge in [0.2, 0.25) is 11.8 Å². The van der Waals surface area contributed by atoms with Crippen LogP contribution in [0.4, 0.5) is 5.69 Å². The smallest absolute Gasteiger partial charge is 0.238 e. The maximum absolute atomic E-state index is 12.9. The summed E-state index contributed by atoms with van der Waals surface area (Å²) in [6.45, 7) is 5.92. The van der Waals surface area contributed by atoms with E-state index in [-0.39, 0.29) is 24.3 Å². The van der Waals surface area contributed by atoms with E-state index in [4.69, 9.17) is 4.74 Å². The number of nitrogens with zero attached hydrogens (tertiary/aromatic N) is 1. The van der Waals surface area contributed by atoms with Crippen molar-refractivity contribution in [1.29, 1.82) is 0 Å². The number of carbonyl (C=O) groups excluding carboxylic acids is 2. The van der Waals surface area contributed by atoms with Crippen LogP contribution in [0.2, 0.25) is 0 Å². The number of ether oxygens (including phenoxy) is 1. The van der Waals surface area contributed by atoms with Gasteiger partial charge in [0.1, 0.15) is 0 Å². The summed E-state index contributed by atoms with van der Waals surface area (Å²) in [5.74, 6) is -0.227. The number of nitrogens with one attached hydrogen (secondary N) is 2. The van der Waals surface area contributed by atoms with Gasteiger partial charge in [0.25, 0.3) is 0 Å². The maximum atomic E-state index is 12.9. The van der Waals surface area contributed by atoms with Crippen LogP contribution in [0.3, 0.4) is 0 Å². The standard InChI is InChI=1S/C23H27N3O3S/c1-16-6-8-17(9-7-16)19(15-26-10-12-29-13-11-26)24-22(27)14-21-23(28)25-18-4-2-3-5-20(18)30-21/h2-9,19,21H,10-15H2,1H3,(H,24,27)(H,25,28)/t19-,21-/m0/s1. The molecule has 1 saturated heterocycles. The Morgan fingerprint density at radius 2 is 1.93 bits per heavy atom. The van der Waals surface area contributed by atoms with Crippen molar-refractivity contribution in [3.05, 3.63) is 59.7 Å². The monoisotopic (exact) mass is 425 g/mol. The van der Waals surface area contributed by atoms with Crippen LogP contribution < -0.4 is 10.6 Å². The summed E-state index contributed by atoms with van der Waals surface area (Å²) in [6, 6.07) is 15.8. The number of fused-ring (bicyclic) bond motifs is 1. The SMILES string of the molecule is Cc1ccc([C@H](CN2CCOCC2)NC(=O)C[C@@H]2Sc3ccccc3NC2=O)cc1. The second-order valence-corrected chi connectivity index (χ2v) is 8.98. The molecule has 0 aliphatic carbocycles. The minimum atomic E-state index is -0.429. The van der Waals surface area contributed by atoms with Gasteiger partial charge in [-0.1, -0.05) is 42.0 Å². The number of anilines is 1. The van der Waals surface area contributed by atoms with Gasteiger partial charge in [-0.2, -0.15) is 0 Å². The van der Waals surface area contributed by atoms with Crippen LogP contribution in [-0.2, 0) is 14.3 Å². The van der Waals surface area contributed by atoms with Crippen LogP contribution in [-0.4, -0.2) is 54.8 Å². The molecule has 4 rings (SSSR count). The van der Waals surface area contributed by atoms with E-state index in [0.717, 1.165) is 35.8 Å². The molecule has 2 heterocycles. The summed E-state index contributed by atoms with van der Waals surface area (Å²) in [7, 11) is 0. The van der Waals surface area contributed by atoms with Gasteiger partial charge in [0.15, 0.2) is 0 Å². The van der Waals surface area contributed by atoms with Crippen LogP contribution in [0.5, 0.6) is 0 Å². The lowest BCUT2D eigenvalue weighted by Crippen LogP contribution is -2.44. The molecule has 2 aliphatic rings. The third-order valence-corrected chi connectivity index (χ3v) is 6.71. The molecule has 7 heteroatoms. The summed E-state index contributed by atoms with van der Waals surface area (Å²) in [5, 5.41) is 5.66. The van der Waals surface area contributed by atoms with Gasteiger partial charge in [0.05, 0.1) is 30.2 Å². The van der Waals surface area contributed by atoms with E-state index in [1.54, 1.807) is 0 Å². The molecule has 2 atom stereocenters. The average molecular weight is 426 g/mol. The predicted molar refractivity (Wildman–Crippen MR) is 119 cm³/mol. The zero-order valence-corrected chi connectivity index (χ0v) is 17.9. The molecule has 0 aromatic heterocycles. The molecule has 2 aromatic rings. The zero-order chi connectivity index (χ0) is 20.9. The van der Waals surface area contributed by atoms with Crippen LogP contribution in [0, 0.1) is 6.92 Å². The molecule has 0 spiro atoms. The van der Waals surface area contributed by atoms with Crippen molar-refractivity contribution in [2.75, 3.05) is 38.2 Å². The number of amides is 2. The molecule has 2 N–H and O–H groups in total. The van der Waals surface area contributed by atoms with Crippen molar-refractivity contribution in [3.8, 4) is 0 Å². The Kier molecular flexibility index (Phi) is 6.72. The summed E-state index contributed by atoms with van der Waals surface area (Å²) < 4.78 is 5.45. The highest BCUT2D eigenvalue weighted by atomic mass is 32.2. The lowest BCUT2D eigenvalue weighted by Gasteiger charge is -2.31. The van der Waals surface area contributed by atoms with Gasteiger partial charge >= 0.3 is 0 Å². The van der Waals surface area contributed by atoms with E-state index in [1.165, 1.54) is 17.3 Å². The molecule has 0 saturated carbocycles. The molecule has 30 heavy (non-hydrogen) atoms. The van der Waals surface area contributed by atoms with E-state index >= 15 is 0 Å². The first-order chi connectivity index (χ1) is 14.6. The number of morpholine rings is 1. The Morgan fingerprint density at radius 3 is 2.70 bits per heavy atom. The lowest BCUT2D eigenvalue weighted by molar-refractivity contribution is -0.124. The molecule has 0 unspecified atom stereocenters. The second kappa shape index (κ2) is 9.64. The van der Waals surface area contributed by atoms with Gasteiger partial charge < -0.3 is 15.4 Å². The van der Waals surface area contributed by atoms with E-state index < -0.39 is 5.25 Å². The first kappa shape index (κ1) is 20.9. The maximum Gasteiger partial charge on any atom is 0.238 e. The van der Waals surface area contributed by atoms with Gasteiger partial charge in [-0.15, -0.1) is 11.8 Å². The molecule has 2 amide bonds. The minimum absolute atomic E-state index is 0.110. The lowest BCUT2D eigenvalue weighted by atomic mass is 10.0. The largest absolute Gasteiger partial charge is 0.379 e. The van der Waals surface area contributed by atoms with Crippen LogP contribution in [0.1, 0.15) is 23.6 Å². The number of carbonyl (C=O) groups is 2. The molecule has 1 fully saturated rings. The van der Waals surface area contributed by atoms with E-state index in [9.17, 15) is 9.59 Å². The Labute approximate surface area is 181 Å². The fourth-order valence-corrected chi connectivity index (χ4v) is 4.83. The molecule has 0 radical (unpaired) electrons. The number of rotatable bonds is 6. The molecule has 158 valence electrons. The van der Waals surface area contributed by atoms with E-state index in [0.29, 0.717) is 13.2 Å². The zero-order valence-electron chi connectivity index (χ0n) is 17.1. The molecular formula is C23H27N3O3S. The fraction of sp³-hybridized carbons (Fsp3) is 0.391. The third kappa shape index (κ3) is 5.22. The summed E-state index contributed by atoms with van der Waals surface area (Å²) >= 11 is 1.45. The number of hydrogen-bond acceptors (Lipinski definition) is 5. The topological polar surface area (TPSA) is 70.7 Å². The first-order valence-electron chi connectivity index (χ1n) is 10.3. The summed E-state index contributed by atoms with van der Waals surface area (Å²) in [6.07, 6.45) is 0.149. The van der Waals surface area contributed by atoms with Gasteiger partial charge in [-0.3, -0.25) is 14.5 Å². The van der Waals surface area contributed by atoms with Gasteiger partial charge in [-0.25, -0.2) is 0 Å². The number of hydrogen-bond donors (Lipinski definition) is 2. The number of benzene rings is 2. The quantitative estimate of drug-likeness (QED) is 0.745. The summed E-state index contributed by atoms with van der Waals surface area (Å²) in [5.41, 5.74) is 3.07. The Bertz CT molecular complexity index is 897. The average Bonchev–Trinajstić information content (AvgIpc) is 2.75. The van der Waals surface area contributed by atoms with Crippen molar-refractivity contribution in [1.82, 2.24) is 10.2 Å². The minimum Gasteiger partial charge on any atom is -0.379 e. The highest BCUT2D eigenvalue weighted by Crippen LogP contribution is 2.36. The Balaban J connectivity index is 1.43. The predicted octanol–water partition coefficient (Wildman–Crippen LogP) is 2.99.